The maximum atomic E-state index is 16.6. The molecule has 10 aromatic rings. The SMILES string of the molecule is CC(C)(C)c1cc(-c2cc3ccccc3c(-c3c(/C=C/B(c4c(F)c(F)c(F)c(F)c4F)c4c(F)c(F)c(F)c(F)c4F)c(-c4cc(C(C)(C)C)cc(C(C)(C)C)c4)cc4ccccc34)c2/C=C/B(c2c(F)c(F)c(F)c(F)c2F)c2c(F)c(F)c(F)c(F)c2F)cc(C(C)(C)C)c1. The maximum Gasteiger partial charge on any atom is 0.250 e. The lowest BCUT2D eigenvalue weighted by Crippen LogP contribution is -2.49. The van der Waals surface area contributed by atoms with Crippen molar-refractivity contribution >= 4 is 69.0 Å². The van der Waals surface area contributed by atoms with Gasteiger partial charge in [0.15, 0.2) is 116 Å². The highest BCUT2D eigenvalue weighted by Crippen LogP contribution is 2.49. The van der Waals surface area contributed by atoms with E-state index in [-0.39, 0.29) is 66.1 Å². The van der Waals surface area contributed by atoms with Crippen LogP contribution < -0.4 is 21.9 Å². The van der Waals surface area contributed by atoms with Crippen LogP contribution in [-0.2, 0) is 21.7 Å². The lowest BCUT2D eigenvalue weighted by Gasteiger charge is -2.28. The normalized spacial score (nSPS) is 12.6. The highest BCUT2D eigenvalue weighted by atomic mass is 19.2. The van der Waals surface area contributed by atoms with E-state index in [2.05, 4.69) is 0 Å². The molecule has 0 aliphatic heterocycles. The molecule has 0 bridgehead atoms. The standard InChI is InChI=1S/C76H56B2F20/c1-73(2,3)37-25-35(26-38(31-37)74(4,5)6)45-29-33-17-13-15-19-41(33)47(43(45)21-23-77(49-53(79)61(87)69(95)62(88)54(49)80)50-55(81)63(89)70(96)64(90)56(50)82)48-42-20-16-14-18-34(42)30-46(36-27-39(75(7,8)9)32-40(28-36)76(10,11)12)44(48)22-24-78(51-57(83)65(91)71(97)66(92)58(51)84)52-59(85)67(93)72(98)68(94)60(52)86/h13-32H,1-12H3/b23-21+,24-22+. The Labute approximate surface area is 551 Å². The van der Waals surface area contributed by atoms with Gasteiger partial charge < -0.3 is 0 Å². The van der Waals surface area contributed by atoms with E-state index < -0.39 is 173 Å². The third kappa shape index (κ3) is 12.5. The molecule has 0 unspecified atom stereocenters. The molecule has 506 valence electrons. The highest BCUT2D eigenvalue weighted by Gasteiger charge is 2.42. The molecule has 10 aromatic carbocycles. The Balaban J connectivity index is 1.52. The van der Waals surface area contributed by atoms with Gasteiger partial charge >= 0.3 is 0 Å². The van der Waals surface area contributed by atoms with E-state index in [4.69, 9.17) is 0 Å². The van der Waals surface area contributed by atoms with E-state index in [9.17, 15) is 17.6 Å². The summed E-state index contributed by atoms with van der Waals surface area (Å²) in [7, 11) is 0. The van der Waals surface area contributed by atoms with Crippen LogP contribution in [0.5, 0.6) is 0 Å². The summed E-state index contributed by atoms with van der Waals surface area (Å²) in [4.78, 5) is 0. The predicted molar refractivity (Wildman–Crippen MR) is 346 cm³/mol. The van der Waals surface area contributed by atoms with Gasteiger partial charge in [0.2, 0.25) is 13.4 Å². The van der Waals surface area contributed by atoms with Crippen molar-refractivity contribution in [2.75, 3.05) is 0 Å². The quantitative estimate of drug-likeness (QED) is 0.0524. The third-order valence-corrected chi connectivity index (χ3v) is 17.5. The molecule has 0 aliphatic rings. The van der Waals surface area contributed by atoms with E-state index in [0.29, 0.717) is 34.2 Å². The van der Waals surface area contributed by atoms with Crippen molar-refractivity contribution in [3.63, 3.8) is 0 Å². The topological polar surface area (TPSA) is 0 Å². The minimum absolute atomic E-state index is 0.00923. The summed E-state index contributed by atoms with van der Waals surface area (Å²) in [5.74, 6) is -54.2. The lowest BCUT2D eigenvalue weighted by atomic mass is 9.39. The fourth-order valence-electron chi connectivity index (χ4n) is 12.0. The molecule has 10 rings (SSSR count). The van der Waals surface area contributed by atoms with Crippen molar-refractivity contribution in [3.05, 3.63) is 259 Å². The van der Waals surface area contributed by atoms with Crippen LogP contribution in [0.15, 0.2) is 109 Å². The number of hydrogen-bond donors (Lipinski definition) is 0. The molecule has 0 spiro atoms. The summed E-state index contributed by atoms with van der Waals surface area (Å²) < 4.78 is 318. The van der Waals surface area contributed by atoms with E-state index >= 15 is 70.2 Å². The number of fused-ring (bicyclic) bond motifs is 2. The van der Waals surface area contributed by atoms with Gasteiger partial charge in [0.1, 0.15) is 0 Å². The van der Waals surface area contributed by atoms with Gasteiger partial charge in [0.25, 0.3) is 0 Å². The molecule has 0 heterocycles. The van der Waals surface area contributed by atoms with E-state index in [0.717, 1.165) is 12.2 Å². The average molecular weight is 1370 g/mol. The molecule has 22 heteroatoms. The first-order chi connectivity index (χ1) is 45.5. The first-order valence-electron chi connectivity index (χ1n) is 30.4. The zero-order chi connectivity index (χ0) is 72.4. The fraction of sp³-hybridized carbons (Fsp3) is 0.211. The largest absolute Gasteiger partial charge is 0.250 e. The van der Waals surface area contributed by atoms with Gasteiger partial charge in [-0.3, -0.25) is 0 Å². The Morgan fingerprint density at radius 1 is 0.255 bits per heavy atom. The van der Waals surface area contributed by atoms with Gasteiger partial charge in [-0.15, -0.1) is 12.0 Å². The van der Waals surface area contributed by atoms with Crippen molar-refractivity contribution in [1.82, 2.24) is 0 Å². The summed E-state index contributed by atoms with van der Waals surface area (Å²) in [6.07, 6.45) is 1.69. The van der Waals surface area contributed by atoms with Crippen LogP contribution in [0, 0.1) is 116 Å². The van der Waals surface area contributed by atoms with Gasteiger partial charge in [-0.25, -0.2) is 87.8 Å². The van der Waals surface area contributed by atoms with Crippen molar-refractivity contribution < 1.29 is 87.8 Å². The van der Waals surface area contributed by atoms with E-state index in [1.807, 2.05) is 95.2 Å². The molecule has 0 aromatic heterocycles. The monoisotopic (exact) mass is 1370 g/mol. The number of rotatable bonds is 11. The predicted octanol–water partition coefficient (Wildman–Crippen LogP) is 20.7. The molecule has 0 N–H and O–H groups in total. The summed E-state index contributed by atoms with van der Waals surface area (Å²) in [5, 5.41) is 0.683. The van der Waals surface area contributed by atoms with Gasteiger partial charge in [0, 0.05) is 21.9 Å². The summed E-state index contributed by atoms with van der Waals surface area (Å²) in [5.41, 5.74) is -9.36. The summed E-state index contributed by atoms with van der Waals surface area (Å²) in [6.45, 7) is 15.9. The van der Waals surface area contributed by atoms with Gasteiger partial charge in [-0.1, -0.05) is 180 Å². The number of halogens is 20. The number of hydrogen-bond acceptors (Lipinski definition) is 0. The van der Waals surface area contributed by atoms with Crippen LogP contribution in [0.4, 0.5) is 87.8 Å². The highest BCUT2D eigenvalue weighted by molar-refractivity contribution is 6.90. The molecular formula is C76H56B2F20. The minimum Gasteiger partial charge on any atom is -0.204 e. The van der Waals surface area contributed by atoms with Gasteiger partial charge in [-0.05, 0) is 122 Å². The molecule has 0 atom stereocenters. The molecular weight excluding hydrogens is 1310 g/mol. The summed E-state index contributed by atoms with van der Waals surface area (Å²) in [6, 6.07) is 25.9. The zero-order valence-electron chi connectivity index (χ0n) is 54.3. The molecule has 0 aliphatic carbocycles. The minimum atomic E-state index is -3.18. The van der Waals surface area contributed by atoms with Crippen LogP contribution in [0.3, 0.4) is 0 Å². The van der Waals surface area contributed by atoms with Crippen molar-refractivity contribution in [2.24, 2.45) is 0 Å². The second-order valence-corrected chi connectivity index (χ2v) is 28.1. The molecule has 98 heavy (non-hydrogen) atoms. The van der Waals surface area contributed by atoms with Crippen molar-refractivity contribution in [1.29, 1.82) is 0 Å². The van der Waals surface area contributed by atoms with Crippen molar-refractivity contribution in [3.8, 4) is 33.4 Å². The molecule has 0 nitrogen and oxygen atoms in total. The second-order valence-electron chi connectivity index (χ2n) is 28.1. The lowest BCUT2D eigenvalue weighted by molar-refractivity contribution is 0.382. The average Bonchev–Trinajstić information content (AvgIpc) is 0.730. The maximum absolute atomic E-state index is 16.6. The zero-order valence-corrected chi connectivity index (χ0v) is 54.3. The molecule has 0 radical (unpaired) electrons. The van der Waals surface area contributed by atoms with E-state index in [1.54, 1.807) is 60.7 Å². The smallest absolute Gasteiger partial charge is 0.204 e. The van der Waals surface area contributed by atoms with Gasteiger partial charge in [-0.2, -0.15) is 0 Å². The fourth-order valence-corrected chi connectivity index (χ4v) is 12.0. The van der Waals surface area contributed by atoms with Crippen molar-refractivity contribution in [2.45, 2.75) is 105 Å². The van der Waals surface area contributed by atoms with Gasteiger partial charge in [0.05, 0.1) is 0 Å². The van der Waals surface area contributed by atoms with Crippen LogP contribution in [0.2, 0.25) is 0 Å². The Bertz CT molecular complexity index is 4410. The Hall–Kier alpha value is -9.07. The Kier molecular flexibility index (Phi) is 18.8. The molecule has 0 saturated carbocycles. The van der Waals surface area contributed by atoms with Crippen LogP contribution in [-0.4, -0.2) is 13.4 Å². The van der Waals surface area contributed by atoms with Crippen LogP contribution in [0.25, 0.3) is 67.1 Å². The Morgan fingerprint density at radius 3 is 0.673 bits per heavy atom. The molecule has 0 amide bonds. The first-order valence-corrected chi connectivity index (χ1v) is 30.4. The molecule has 0 saturated heterocycles. The first kappa shape index (κ1) is 71.7. The van der Waals surface area contributed by atoms with Crippen LogP contribution in [0.1, 0.15) is 116 Å². The number of benzene rings is 10. The third-order valence-electron chi connectivity index (χ3n) is 17.5. The Morgan fingerprint density at radius 2 is 0.459 bits per heavy atom. The summed E-state index contributed by atoms with van der Waals surface area (Å²) >= 11 is 0. The molecule has 0 fully saturated rings. The second kappa shape index (κ2) is 25.7. The van der Waals surface area contributed by atoms with Crippen LogP contribution >= 0.6 is 0 Å². The van der Waals surface area contributed by atoms with E-state index in [1.165, 1.54) is 24.3 Å².